The zero-order valence-corrected chi connectivity index (χ0v) is 10.7. The highest BCUT2D eigenvalue weighted by atomic mass is 35.5. The molecular weight excluding hydrogens is 262 g/mol. The molecule has 0 bridgehead atoms. The molecular formula is C10H10ClN3S2. The summed E-state index contributed by atoms with van der Waals surface area (Å²) in [5, 5.41) is 3.23. The highest BCUT2D eigenvalue weighted by Gasteiger charge is 2.04. The molecule has 0 atom stereocenters. The minimum absolute atomic E-state index is 0.592. The van der Waals surface area contributed by atoms with E-state index in [0.717, 1.165) is 22.0 Å². The molecule has 0 radical (unpaired) electrons. The van der Waals surface area contributed by atoms with Crippen LogP contribution in [-0.2, 0) is 5.75 Å². The first-order chi connectivity index (χ1) is 7.65. The zero-order valence-electron chi connectivity index (χ0n) is 8.31. The molecule has 16 heavy (non-hydrogen) atoms. The van der Waals surface area contributed by atoms with Crippen LogP contribution in [0.1, 0.15) is 5.69 Å². The lowest BCUT2D eigenvalue weighted by molar-refractivity contribution is 1.24. The summed E-state index contributed by atoms with van der Waals surface area (Å²) in [7, 11) is 0. The molecule has 0 unspecified atom stereocenters. The molecule has 0 spiro atoms. The van der Waals surface area contributed by atoms with Gasteiger partial charge in [0.1, 0.15) is 0 Å². The lowest BCUT2D eigenvalue weighted by Gasteiger charge is -2.04. The summed E-state index contributed by atoms with van der Waals surface area (Å²) < 4.78 is 0. The molecule has 3 nitrogen and oxygen atoms in total. The van der Waals surface area contributed by atoms with Crippen LogP contribution in [-0.4, -0.2) is 4.98 Å². The molecule has 1 aromatic carbocycles. The van der Waals surface area contributed by atoms with E-state index in [1.54, 1.807) is 23.9 Å². The quantitative estimate of drug-likeness (QED) is 0.664. The number of nitrogen functional groups attached to an aromatic ring is 2. The predicted molar refractivity (Wildman–Crippen MR) is 72.0 cm³/mol. The maximum atomic E-state index is 5.90. The van der Waals surface area contributed by atoms with Gasteiger partial charge in [0.25, 0.3) is 0 Å². The predicted octanol–water partition coefficient (Wildman–Crippen LogP) is 3.25. The number of aromatic nitrogens is 1. The number of anilines is 2. The summed E-state index contributed by atoms with van der Waals surface area (Å²) in [6, 6.07) is 5.44. The smallest absolute Gasteiger partial charge is 0.180 e. The van der Waals surface area contributed by atoms with Crippen molar-refractivity contribution in [1.29, 1.82) is 0 Å². The van der Waals surface area contributed by atoms with E-state index >= 15 is 0 Å². The summed E-state index contributed by atoms with van der Waals surface area (Å²) in [5.41, 5.74) is 13.1. The van der Waals surface area contributed by atoms with Crippen molar-refractivity contribution in [3.8, 4) is 0 Å². The van der Waals surface area contributed by atoms with Crippen LogP contribution in [0.2, 0.25) is 5.02 Å². The van der Waals surface area contributed by atoms with Crippen LogP contribution in [0.5, 0.6) is 0 Å². The van der Waals surface area contributed by atoms with Gasteiger partial charge in [-0.2, -0.15) is 0 Å². The Labute approximate surface area is 107 Å². The average Bonchev–Trinajstić information content (AvgIpc) is 2.66. The second-order valence-corrected chi connectivity index (χ2v) is 5.49. The van der Waals surface area contributed by atoms with E-state index in [4.69, 9.17) is 23.1 Å². The first-order valence-corrected chi connectivity index (χ1v) is 6.77. The molecule has 84 valence electrons. The SMILES string of the molecule is Nc1nc(CSc2cc(Cl)ccc2N)cs1. The fourth-order valence-corrected chi connectivity index (χ4v) is 2.98. The van der Waals surface area contributed by atoms with Crippen molar-refractivity contribution < 1.29 is 0 Å². The van der Waals surface area contributed by atoms with E-state index < -0.39 is 0 Å². The topological polar surface area (TPSA) is 64.9 Å². The van der Waals surface area contributed by atoms with E-state index in [-0.39, 0.29) is 0 Å². The van der Waals surface area contributed by atoms with Gasteiger partial charge in [0, 0.05) is 26.7 Å². The number of hydrogen-bond acceptors (Lipinski definition) is 5. The standard InChI is InChI=1S/C10H10ClN3S2/c11-6-1-2-8(12)9(3-6)15-4-7-5-16-10(13)14-7/h1-3,5H,4,12H2,(H2,13,14). The fourth-order valence-electron chi connectivity index (χ4n) is 1.17. The Morgan fingerprint density at radius 1 is 1.38 bits per heavy atom. The van der Waals surface area contributed by atoms with Crippen LogP contribution >= 0.6 is 34.7 Å². The molecule has 1 aromatic heterocycles. The third-order valence-electron chi connectivity index (χ3n) is 1.92. The molecule has 1 heterocycles. The average molecular weight is 272 g/mol. The second-order valence-electron chi connectivity index (χ2n) is 3.15. The summed E-state index contributed by atoms with van der Waals surface area (Å²) in [6.07, 6.45) is 0. The van der Waals surface area contributed by atoms with Crippen LogP contribution in [0.15, 0.2) is 28.5 Å². The Morgan fingerprint density at radius 3 is 2.88 bits per heavy atom. The largest absolute Gasteiger partial charge is 0.398 e. The minimum Gasteiger partial charge on any atom is -0.398 e. The molecule has 0 saturated heterocycles. The Morgan fingerprint density at radius 2 is 2.19 bits per heavy atom. The van der Waals surface area contributed by atoms with Gasteiger partial charge in [-0.05, 0) is 18.2 Å². The van der Waals surface area contributed by atoms with Crippen molar-refractivity contribution >= 4 is 45.5 Å². The summed E-state index contributed by atoms with van der Waals surface area (Å²) >= 11 is 8.95. The number of benzene rings is 1. The van der Waals surface area contributed by atoms with Crippen molar-refractivity contribution in [2.45, 2.75) is 10.6 Å². The molecule has 6 heteroatoms. The number of nitrogens with zero attached hydrogens (tertiary/aromatic N) is 1. The van der Waals surface area contributed by atoms with E-state index in [1.165, 1.54) is 11.3 Å². The van der Waals surface area contributed by atoms with E-state index in [9.17, 15) is 0 Å². The third kappa shape index (κ3) is 2.81. The fraction of sp³-hybridized carbons (Fsp3) is 0.100. The highest BCUT2D eigenvalue weighted by Crippen LogP contribution is 2.30. The van der Waals surface area contributed by atoms with Crippen molar-refractivity contribution in [2.24, 2.45) is 0 Å². The number of nitrogens with two attached hydrogens (primary N) is 2. The van der Waals surface area contributed by atoms with Gasteiger partial charge in [-0.25, -0.2) is 4.98 Å². The van der Waals surface area contributed by atoms with Crippen molar-refractivity contribution in [3.05, 3.63) is 34.3 Å². The van der Waals surface area contributed by atoms with Crippen LogP contribution < -0.4 is 11.5 Å². The number of thioether (sulfide) groups is 1. The van der Waals surface area contributed by atoms with Crippen LogP contribution in [0.4, 0.5) is 10.8 Å². The summed E-state index contributed by atoms with van der Waals surface area (Å²) in [5.74, 6) is 0.748. The number of rotatable bonds is 3. The molecule has 0 aliphatic rings. The number of halogens is 1. The Balaban J connectivity index is 2.07. The molecule has 0 fully saturated rings. The van der Waals surface area contributed by atoms with Crippen LogP contribution in [0.25, 0.3) is 0 Å². The van der Waals surface area contributed by atoms with Gasteiger partial charge in [0.2, 0.25) is 0 Å². The van der Waals surface area contributed by atoms with E-state index in [2.05, 4.69) is 4.98 Å². The minimum atomic E-state index is 0.592. The molecule has 0 saturated carbocycles. The van der Waals surface area contributed by atoms with Gasteiger partial charge in [0.05, 0.1) is 5.69 Å². The lowest BCUT2D eigenvalue weighted by atomic mass is 10.3. The second kappa shape index (κ2) is 4.95. The Hall–Kier alpha value is -0.910. The van der Waals surface area contributed by atoms with Crippen molar-refractivity contribution in [2.75, 3.05) is 11.5 Å². The Bertz CT molecular complexity index is 499. The van der Waals surface area contributed by atoms with Gasteiger partial charge in [-0.3, -0.25) is 0 Å². The normalized spacial score (nSPS) is 10.6. The summed E-state index contributed by atoms with van der Waals surface area (Å²) in [6.45, 7) is 0. The first-order valence-electron chi connectivity index (χ1n) is 4.53. The van der Waals surface area contributed by atoms with Crippen molar-refractivity contribution in [1.82, 2.24) is 4.98 Å². The molecule has 4 N–H and O–H groups in total. The van der Waals surface area contributed by atoms with Gasteiger partial charge in [-0.1, -0.05) is 11.6 Å². The van der Waals surface area contributed by atoms with E-state index in [0.29, 0.717) is 10.2 Å². The third-order valence-corrected chi connectivity index (χ3v) is 3.98. The van der Waals surface area contributed by atoms with E-state index in [1.807, 2.05) is 11.4 Å². The van der Waals surface area contributed by atoms with Gasteiger partial charge >= 0.3 is 0 Å². The molecule has 0 aliphatic carbocycles. The van der Waals surface area contributed by atoms with Crippen LogP contribution in [0.3, 0.4) is 0 Å². The van der Waals surface area contributed by atoms with Crippen molar-refractivity contribution in [3.63, 3.8) is 0 Å². The van der Waals surface area contributed by atoms with Gasteiger partial charge in [0.15, 0.2) is 5.13 Å². The maximum absolute atomic E-state index is 5.90. The number of thiazole rings is 1. The van der Waals surface area contributed by atoms with Gasteiger partial charge in [-0.15, -0.1) is 23.1 Å². The summed E-state index contributed by atoms with van der Waals surface area (Å²) in [4.78, 5) is 5.15. The molecule has 2 rings (SSSR count). The monoisotopic (exact) mass is 271 g/mol. The van der Waals surface area contributed by atoms with Gasteiger partial charge < -0.3 is 11.5 Å². The lowest BCUT2D eigenvalue weighted by Crippen LogP contribution is -1.89. The molecule has 2 aromatic rings. The van der Waals surface area contributed by atoms with Crippen LogP contribution in [0, 0.1) is 0 Å². The molecule has 0 aliphatic heterocycles. The highest BCUT2D eigenvalue weighted by molar-refractivity contribution is 7.98. The first kappa shape index (κ1) is 11.6. The maximum Gasteiger partial charge on any atom is 0.180 e. The molecule has 0 amide bonds. The zero-order chi connectivity index (χ0) is 11.5. The Kier molecular flexibility index (Phi) is 3.58. The number of hydrogen-bond donors (Lipinski definition) is 2.